The van der Waals surface area contributed by atoms with Gasteiger partial charge in [0.1, 0.15) is 11.1 Å². The largest absolute Gasteiger partial charge is 0.444 e. The fraction of sp³-hybridized carbons (Fsp3) is 0.833. The number of hydrogen-bond donors (Lipinski definition) is 1. The van der Waals surface area contributed by atoms with Gasteiger partial charge in [0.15, 0.2) is 5.78 Å². The SMILES string of the molecule is CC(C)C(=O)C1(NC(=O)OC(C)(C)C)COC1. The molecule has 1 saturated heterocycles. The van der Waals surface area contributed by atoms with Gasteiger partial charge in [-0.15, -0.1) is 0 Å². The highest BCUT2D eigenvalue weighted by molar-refractivity contribution is 5.94. The predicted octanol–water partition coefficient (Wildman–Crippen LogP) is 1.51. The van der Waals surface area contributed by atoms with Crippen molar-refractivity contribution in [3.05, 3.63) is 0 Å². The van der Waals surface area contributed by atoms with Crippen LogP contribution in [0.1, 0.15) is 34.6 Å². The molecule has 17 heavy (non-hydrogen) atoms. The van der Waals surface area contributed by atoms with Gasteiger partial charge in [-0.05, 0) is 20.8 Å². The van der Waals surface area contributed by atoms with E-state index in [-0.39, 0.29) is 24.9 Å². The highest BCUT2D eigenvalue weighted by atomic mass is 16.6. The molecule has 98 valence electrons. The first kappa shape index (κ1) is 14.0. The van der Waals surface area contributed by atoms with Gasteiger partial charge in [-0.3, -0.25) is 4.79 Å². The molecule has 1 amide bonds. The molecule has 1 fully saturated rings. The Morgan fingerprint density at radius 2 is 1.82 bits per heavy atom. The van der Waals surface area contributed by atoms with Crippen LogP contribution < -0.4 is 5.32 Å². The van der Waals surface area contributed by atoms with Crippen molar-refractivity contribution in [1.82, 2.24) is 5.32 Å². The van der Waals surface area contributed by atoms with Gasteiger partial charge in [-0.1, -0.05) is 13.8 Å². The van der Waals surface area contributed by atoms with Crippen LogP contribution in [-0.4, -0.2) is 36.2 Å². The first-order valence-corrected chi connectivity index (χ1v) is 5.79. The molecular formula is C12H21NO4. The van der Waals surface area contributed by atoms with Crippen LogP contribution in [0, 0.1) is 5.92 Å². The summed E-state index contributed by atoms with van der Waals surface area (Å²) in [4.78, 5) is 23.7. The third-order valence-electron chi connectivity index (χ3n) is 2.43. The molecule has 1 aliphatic heterocycles. The molecule has 1 rings (SSSR count). The Hall–Kier alpha value is -1.10. The monoisotopic (exact) mass is 243 g/mol. The average molecular weight is 243 g/mol. The molecular weight excluding hydrogens is 222 g/mol. The molecule has 0 aromatic carbocycles. The minimum atomic E-state index is -0.892. The molecule has 0 radical (unpaired) electrons. The summed E-state index contributed by atoms with van der Waals surface area (Å²) in [6.07, 6.45) is -0.574. The summed E-state index contributed by atoms with van der Waals surface area (Å²) in [6, 6.07) is 0. The Labute approximate surface area is 102 Å². The van der Waals surface area contributed by atoms with Crippen LogP contribution in [0.25, 0.3) is 0 Å². The molecule has 0 aliphatic carbocycles. The van der Waals surface area contributed by atoms with Crippen LogP contribution in [0.4, 0.5) is 4.79 Å². The number of amides is 1. The standard InChI is InChI=1S/C12H21NO4/c1-8(2)9(14)12(6-16-7-12)13-10(15)17-11(3,4)5/h8H,6-7H2,1-5H3,(H,13,15). The average Bonchev–Trinajstić information content (AvgIpc) is 2.07. The van der Waals surface area contributed by atoms with E-state index in [0.29, 0.717) is 0 Å². The van der Waals surface area contributed by atoms with Gasteiger partial charge in [0.25, 0.3) is 0 Å². The molecule has 1 heterocycles. The Balaban J connectivity index is 2.64. The molecule has 5 heteroatoms. The van der Waals surface area contributed by atoms with Crippen molar-refractivity contribution in [3.8, 4) is 0 Å². The fourth-order valence-electron chi connectivity index (χ4n) is 1.63. The first-order chi connectivity index (χ1) is 7.66. The van der Waals surface area contributed by atoms with Crippen molar-refractivity contribution in [3.63, 3.8) is 0 Å². The summed E-state index contributed by atoms with van der Waals surface area (Å²) in [7, 11) is 0. The van der Waals surface area contributed by atoms with E-state index in [1.165, 1.54) is 0 Å². The molecule has 0 spiro atoms. The number of ketones is 1. The van der Waals surface area contributed by atoms with Crippen LogP contribution in [0.2, 0.25) is 0 Å². The van der Waals surface area contributed by atoms with E-state index in [1.54, 1.807) is 34.6 Å². The van der Waals surface area contributed by atoms with E-state index in [0.717, 1.165) is 0 Å². The third-order valence-corrected chi connectivity index (χ3v) is 2.43. The van der Waals surface area contributed by atoms with Crippen LogP contribution >= 0.6 is 0 Å². The van der Waals surface area contributed by atoms with E-state index in [9.17, 15) is 9.59 Å². The lowest BCUT2D eigenvalue weighted by molar-refractivity contribution is -0.148. The van der Waals surface area contributed by atoms with Crippen molar-refractivity contribution >= 4 is 11.9 Å². The summed E-state index contributed by atoms with van der Waals surface area (Å²) in [6.45, 7) is 9.40. The fourth-order valence-corrected chi connectivity index (χ4v) is 1.63. The summed E-state index contributed by atoms with van der Waals surface area (Å²) in [5.41, 5.74) is -1.47. The maximum atomic E-state index is 12.0. The van der Waals surface area contributed by atoms with E-state index in [1.807, 2.05) is 0 Å². The molecule has 0 aromatic rings. The quantitative estimate of drug-likeness (QED) is 0.816. The third kappa shape index (κ3) is 3.43. The second-order valence-corrected chi connectivity index (χ2v) is 5.72. The van der Waals surface area contributed by atoms with Crippen molar-refractivity contribution in [2.75, 3.05) is 13.2 Å². The number of ether oxygens (including phenoxy) is 2. The molecule has 5 nitrogen and oxygen atoms in total. The number of carbonyl (C=O) groups excluding carboxylic acids is 2. The van der Waals surface area contributed by atoms with Crippen LogP contribution in [0.3, 0.4) is 0 Å². The van der Waals surface area contributed by atoms with E-state index >= 15 is 0 Å². The first-order valence-electron chi connectivity index (χ1n) is 5.79. The van der Waals surface area contributed by atoms with Gasteiger partial charge in [0.2, 0.25) is 0 Å². The molecule has 0 saturated carbocycles. The van der Waals surface area contributed by atoms with Gasteiger partial charge in [-0.2, -0.15) is 0 Å². The van der Waals surface area contributed by atoms with E-state index in [2.05, 4.69) is 5.32 Å². The van der Waals surface area contributed by atoms with Crippen molar-refractivity contribution < 1.29 is 19.1 Å². The van der Waals surface area contributed by atoms with Crippen LogP contribution in [0.15, 0.2) is 0 Å². The van der Waals surface area contributed by atoms with Gasteiger partial charge < -0.3 is 14.8 Å². The van der Waals surface area contributed by atoms with Crippen molar-refractivity contribution in [1.29, 1.82) is 0 Å². The van der Waals surface area contributed by atoms with Gasteiger partial charge in [0.05, 0.1) is 13.2 Å². The zero-order valence-corrected chi connectivity index (χ0v) is 11.1. The van der Waals surface area contributed by atoms with E-state index < -0.39 is 17.2 Å². The van der Waals surface area contributed by atoms with Crippen molar-refractivity contribution in [2.45, 2.75) is 45.8 Å². The zero-order valence-electron chi connectivity index (χ0n) is 11.1. The normalized spacial score (nSPS) is 18.5. The molecule has 1 N–H and O–H groups in total. The highest BCUT2D eigenvalue weighted by Gasteiger charge is 2.48. The minimum absolute atomic E-state index is 0.0189. The summed E-state index contributed by atoms with van der Waals surface area (Å²) < 4.78 is 10.2. The minimum Gasteiger partial charge on any atom is -0.444 e. The predicted molar refractivity (Wildman–Crippen MR) is 62.8 cm³/mol. The highest BCUT2D eigenvalue weighted by Crippen LogP contribution is 2.22. The molecule has 0 bridgehead atoms. The van der Waals surface area contributed by atoms with Gasteiger partial charge in [0, 0.05) is 5.92 Å². The van der Waals surface area contributed by atoms with Crippen molar-refractivity contribution in [2.24, 2.45) is 5.92 Å². The van der Waals surface area contributed by atoms with Gasteiger partial charge in [-0.25, -0.2) is 4.79 Å². The Kier molecular flexibility index (Phi) is 3.81. The van der Waals surface area contributed by atoms with Crippen LogP contribution in [0.5, 0.6) is 0 Å². The topological polar surface area (TPSA) is 64.6 Å². The number of hydrogen-bond acceptors (Lipinski definition) is 4. The molecule has 0 aromatic heterocycles. The maximum Gasteiger partial charge on any atom is 0.408 e. The number of alkyl carbamates (subject to hydrolysis) is 1. The molecule has 1 aliphatic rings. The second-order valence-electron chi connectivity index (χ2n) is 5.72. The maximum absolute atomic E-state index is 12.0. The number of carbonyl (C=O) groups is 2. The lowest BCUT2D eigenvalue weighted by atomic mass is 9.85. The summed E-state index contributed by atoms with van der Waals surface area (Å²) >= 11 is 0. The zero-order chi connectivity index (χ0) is 13.3. The Morgan fingerprint density at radius 1 is 1.29 bits per heavy atom. The smallest absolute Gasteiger partial charge is 0.408 e. The number of rotatable bonds is 3. The second kappa shape index (κ2) is 4.64. The van der Waals surface area contributed by atoms with E-state index in [4.69, 9.17) is 9.47 Å². The summed E-state index contributed by atoms with van der Waals surface area (Å²) in [5.74, 6) is -0.163. The van der Waals surface area contributed by atoms with Crippen LogP contribution in [-0.2, 0) is 14.3 Å². The number of nitrogens with one attached hydrogen (secondary N) is 1. The Bertz CT molecular complexity index is 313. The molecule has 0 atom stereocenters. The summed E-state index contributed by atoms with van der Waals surface area (Å²) in [5, 5.41) is 2.63. The lowest BCUT2D eigenvalue weighted by Gasteiger charge is -2.41. The molecule has 0 unspecified atom stereocenters. The lowest BCUT2D eigenvalue weighted by Crippen LogP contribution is -2.68. The van der Waals surface area contributed by atoms with Gasteiger partial charge >= 0.3 is 6.09 Å². The Morgan fingerprint density at radius 3 is 2.12 bits per heavy atom. The number of Topliss-reactive ketones (excluding diaryl/α,β-unsaturated/α-hetero) is 1.